The molecule has 0 aromatic heterocycles. The van der Waals surface area contributed by atoms with Gasteiger partial charge < -0.3 is 5.32 Å². The Bertz CT molecular complexity index is 902. The third-order valence-corrected chi connectivity index (χ3v) is 4.60. The Kier molecular flexibility index (Phi) is 6.45. The maximum absolute atomic E-state index is 14.3. The lowest BCUT2D eigenvalue weighted by Crippen LogP contribution is -2.25. The predicted octanol–water partition coefficient (Wildman–Crippen LogP) is 5.03. The fourth-order valence-corrected chi connectivity index (χ4v) is 2.87. The third-order valence-electron chi connectivity index (χ3n) is 4.60. The second kappa shape index (κ2) is 8.58. The first-order valence-corrected chi connectivity index (χ1v) is 8.77. The van der Waals surface area contributed by atoms with E-state index in [1.807, 2.05) is 13.8 Å². The molecule has 2 aromatic carbocycles. The normalized spacial score (nSPS) is 11.7. The number of hydrogen-bond donors (Lipinski definition) is 1. The van der Waals surface area contributed by atoms with Crippen LogP contribution >= 0.6 is 0 Å². The van der Waals surface area contributed by atoms with Gasteiger partial charge in [0.25, 0.3) is 5.69 Å². The predicted molar refractivity (Wildman–Crippen MR) is 105 cm³/mol. The van der Waals surface area contributed by atoms with Crippen LogP contribution in [0.4, 0.5) is 10.1 Å². The number of nitrogens with zero attached hydrogens (tertiary/aromatic N) is 1. The van der Waals surface area contributed by atoms with Crippen molar-refractivity contribution < 1.29 is 14.1 Å². The van der Waals surface area contributed by atoms with Gasteiger partial charge in [0.05, 0.1) is 4.92 Å². The van der Waals surface area contributed by atoms with Crippen molar-refractivity contribution in [2.24, 2.45) is 0 Å². The van der Waals surface area contributed by atoms with Gasteiger partial charge in [0, 0.05) is 24.3 Å². The molecule has 27 heavy (non-hydrogen) atoms. The van der Waals surface area contributed by atoms with E-state index < -0.39 is 10.7 Å². The molecule has 0 heterocycles. The molecule has 0 saturated heterocycles. The van der Waals surface area contributed by atoms with Crippen LogP contribution in [0.1, 0.15) is 38.3 Å². The topological polar surface area (TPSA) is 72.2 Å². The van der Waals surface area contributed by atoms with Crippen molar-refractivity contribution in [3.05, 3.63) is 69.0 Å². The largest absolute Gasteiger partial charge is 0.352 e. The minimum Gasteiger partial charge on any atom is -0.352 e. The zero-order chi connectivity index (χ0) is 20.1. The fraction of sp³-hybridized carbons (Fsp3) is 0.286. The van der Waals surface area contributed by atoms with Crippen molar-refractivity contribution in [2.45, 2.75) is 34.1 Å². The fourth-order valence-electron chi connectivity index (χ4n) is 2.87. The van der Waals surface area contributed by atoms with E-state index in [4.69, 9.17) is 0 Å². The van der Waals surface area contributed by atoms with Gasteiger partial charge in [0.15, 0.2) is 0 Å². The Morgan fingerprint density at radius 2 is 1.81 bits per heavy atom. The highest BCUT2D eigenvalue weighted by Gasteiger charge is 2.15. The van der Waals surface area contributed by atoms with Crippen LogP contribution in [0.25, 0.3) is 16.7 Å². The van der Waals surface area contributed by atoms with E-state index in [2.05, 4.69) is 5.32 Å². The van der Waals surface area contributed by atoms with E-state index in [9.17, 15) is 19.3 Å². The first-order chi connectivity index (χ1) is 12.8. The lowest BCUT2D eigenvalue weighted by atomic mass is 9.91. The minimum absolute atomic E-state index is 0.0208. The molecular formula is C21H23FN2O3. The van der Waals surface area contributed by atoms with E-state index in [0.717, 1.165) is 12.0 Å². The van der Waals surface area contributed by atoms with Crippen LogP contribution in [0.2, 0.25) is 0 Å². The zero-order valence-electron chi connectivity index (χ0n) is 15.9. The minimum atomic E-state index is -0.473. The highest BCUT2D eigenvalue weighted by Crippen LogP contribution is 2.32. The Morgan fingerprint density at radius 1 is 1.19 bits per heavy atom. The molecule has 142 valence electrons. The number of amides is 1. The third kappa shape index (κ3) is 4.58. The number of rotatable bonds is 6. The van der Waals surface area contributed by atoms with Crippen molar-refractivity contribution in [1.82, 2.24) is 5.32 Å². The van der Waals surface area contributed by atoms with E-state index in [1.54, 1.807) is 26.0 Å². The van der Waals surface area contributed by atoms with Gasteiger partial charge in [-0.3, -0.25) is 14.9 Å². The molecule has 2 aromatic rings. The van der Waals surface area contributed by atoms with Crippen LogP contribution in [0.3, 0.4) is 0 Å². The van der Waals surface area contributed by atoms with Gasteiger partial charge in [-0.15, -0.1) is 0 Å². The summed E-state index contributed by atoms with van der Waals surface area (Å²) in [5, 5.41) is 13.7. The molecule has 0 aliphatic heterocycles. The van der Waals surface area contributed by atoms with E-state index in [-0.39, 0.29) is 11.6 Å². The first kappa shape index (κ1) is 20.3. The average molecular weight is 370 g/mol. The van der Waals surface area contributed by atoms with E-state index in [1.165, 1.54) is 24.3 Å². The molecule has 0 atom stereocenters. The first-order valence-electron chi connectivity index (χ1n) is 8.77. The van der Waals surface area contributed by atoms with Gasteiger partial charge in [0.2, 0.25) is 5.91 Å². The summed E-state index contributed by atoms with van der Waals surface area (Å²) in [5.41, 5.74) is 3.99. The van der Waals surface area contributed by atoms with Crippen LogP contribution < -0.4 is 5.32 Å². The Hall–Kier alpha value is -3.02. The maximum atomic E-state index is 14.3. The molecule has 5 nitrogen and oxygen atoms in total. The number of nitrogens with one attached hydrogen (secondary N) is 1. The summed E-state index contributed by atoms with van der Waals surface area (Å²) in [6, 6.07) is 8.81. The van der Waals surface area contributed by atoms with Gasteiger partial charge in [-0.05, 0) is 79.3 Å². The average Bonchev–Trinajstić information content (AvgIpc) is 2.66. The van der Waals surface area contributed by atoms with E-state index in [0.29, 0.717) is 34.4 Å². The number of hydrogen-bond acceptors (Lipinski definition) is 3. The number of allylic oxidation sites excluding steroid dienone is 1. The van der Waals surface area contributed by atoms with Gasteiger partial charge in [-0.25, -0.2) is 4.39 Å². The molecule has 0 saturated carbocycles. The van der Waals surface area contributed by atoms with Gasteiger partial charge in [-0.2, -0.15) is 0 Å². The number of carbonyl (C=O) groups excluding carboxylic acids is 1. The highest BCUT2D eigenvalue weighted by atomic mass is 19.1. The Labute approximate surface area is 158 Å². The molecule has 0 aliphatic carbocycles. The summed E-state index contributed by atoms with van der Waals surface area (Å²) in [4.78, 5) is 22.6. The summed E-state index contributed by atoms with van der Waals surface area (Å²) >= 11 is 0. The molecule has 0 fully saturated rings. The number of nitro groups is 1. The van der Waals surface area contributed by atoms with Crippen molar-refractivity contribution in [3.63, 3.8) is 0 Å². The lowest BCUT2D eigenvalue weighted by Gasteiger charge is -2.15. The Balaban J connectivity index is 2.51. The molecule has 2 rings (SSSR count). The summed E-state index contributed by atoms with van der Waals surface area (Å²) in [6.07, 6.45) is 0.835. The zero-order valence-corrected chi connectivity index (χ0v) is 15.9. The number of nitro benzene ring substituents is 1. The molecule has 6 heteroatoms. The molecule has 0 bridgehead atoms. The summed E-state index contributed by atoms with van der Waals surface area (Å²) in [6.45, 7) is 7.92. The lowest BCUT2D eigenvalue weighted by molar-refractivity contribution is -0.384. The van der Waals surface area contributed by atoms with Crippen LogP contribution in [0.5, 0.6) is 0 Å². The van der Waals surface area contributed by atoms with Crippen LogP contribution in [0.15, 0.2) is 42.0 Å². The molecule has 0 aliphatic rings. The molecule has 0 spiro atoms. The van der Waals surface area contributed by atoms with Gasteiger partial charge in [-0.1, -0.05) is 6.92 Å². The van der Waals surface area contributed by atoms with Crippen molar-refractivity contribution in [3.8, 4) is 11.1 Å². The van der Waals surface area contributed by atoms with Crippen molar-refractivity contribution >= 4 is 17.2 Å². The monoisotopic (exact) mass is 370 g/mol. The SMILES string of the molecule is CCCNC(=O)/C(C)=C(\C)c1cc(F)cc(-c2ccc([N+](=O)[O-])cc2)c1C. The Morgan fingerprint density at radius 3 is 2.37 bits per heavy atom. The molecule has 0 unspecified atom stereocenters. The number of carbonyl (C=O) groups is 1. The number of halogens is 1. The summed E-state index contributed by atoms with van der Waals surface area (Å²) < 4.78 is 14.3. The van der Waals surface area contributed by atoms with Crippen LogP contribution in [0, 0.1) is 22.9 Å². The quantitative estimate of drug-likeness (QED) is 0.440. The number of non-ortho nitro benzene ring substituents is 1. The van der Waals surface area contributed by atoms with Gasteiger partial charge >= 0.3 is 0 Å². The van der Waals surface area contributed by atoms with Crippen LogP contribution in [-0.2, 0) is 4.79 Å². The standard InChI is InChI=1S/C21H23FN2O3/c1-5-10-23-21(25)14(3)13(2)19-11-17(22)12-20(15(19)4)16-6-8-18(9-7-16)24(26)27/h6-9,11-12H,5,10H2,1-4H3,(H,23,25)/b14-13+. The molecular weight excluding hydrogens is 347 g/mol. The van der Waals surface area contributed by atoms with Gasteiger partial charge in [0.1, 0.15) is 5.82 Å². The van der Waals surface area contributed by atoms with Crippen LogP contribution in [-0.4, -0.2) is 17.4 Å². The summed E-state index contributed by atoms with van der Waals surface area (Å²) in [7, 11) is 0. The molecule has 1 N–H and O–H groups in total. The second-order valence-corrected chi connectivity index (χ2v) is 6.44. The maximum Gasteiger partial charge on any atom is 0.269 e. The van der Waals surface area contributed by atoms with Crippen molar-refractivity contribution in [1.29, 1.82) is 0 Å². The second-order valence-electron chi connectivity index (χ2n) is 6.44. The molecule has 0 radical (unpaired) electrons. The molecule has 1 amide bonds. The highest BCUT2D eigenvalue weighted by molar-refractivity contribution is 6.00. The number of benzene rings is 2. The summed E-state index contributed by atoms with van der Waals surface area (Å²) in [5.74, 6) is -0.597. The van der Waals surface area contributed by atoms with Crippen molar-refractivity contribution in [2.75, 3.05) is 6.54 Å². The smallest absolute Gasteiger partial charge is 0.269 e. The van der Waals surface area contributed by atoms with E-state index >= 15 is 0 Å².